The van der Waals surface area contributed by atoms with E-state index >= 15 is 0 Å². The lowest BCUT2D eigenvalue weighted by molar-refractivity contribution is -0.152. The van der Waals surface area contributed by atoms with E-state index in [4.69, 9.17) is 4.84 Å². The summed E-state index contributed by atoms with van der Waals surface area (Å²) in [7, 11) is 5.41. The molecule has 3 amide bonds. The number of urea groups is 1. The van der Waals surface area contributed by atoms with Gasteiger partial charge in [0.2, 0.25) is 0 Å². The van der Waals surface area contributed by atoms with Gasteiger partial charge in [-0.3, -0.25) is 14.3 Å². The molecule has 178 valence electrons. The highest BCUT2D eigenvalue weighted by Gasteiger charge is 2.37. The van der Waals surface area contributed by atoms with Gasteiger partial charge in [-0.15, -0.1) is 0 Å². The Bertz CT molecular complexity index is 1110. The van der Waals surface area contributed by atoms with Crippen LogP contribution in [0.15, 0.2) is 16.6 Å². The number of hydrogen-bond acceptors (Lipinski definition) is 5. The molecular weight excluding hydrogens is 502 g/mol. The fourth-order valence-electron chi connectivity index (χ4n) is 4.19. The van der Waals surface area contributed by atoms with E-state index in [-0.39, 0.29) is 34.8 Å². The second-order valence-electron chi connectivity index (χ2n) is 8.61. The first kappa shape index (κ1) is 23.6. The van der Waals surface area contributed by atoms with Crippen molar-refractivity contribution in [2.45, 2.75) is 38.6 Å². The Kier molecular flexibility index (Phi) is 6.43. The third-order valence-corrected chi connectivity index (χ3v) is 6.34. The average Bonchev–Trinajstić information content (AvgIpc) is 3.00. The van der Waals surface area contributed by atoms with Gasteiger partial charge in [0, 0.05) is 37.7 Å². The molecule has 0 bridgehead atoms. The molecule has 0 aliphatic carbocycles. The van der Waals surface area contributed by atoms with Crippen molar-refractivity contribution in [3.63, 3.8) is 0 Å². The average molecular weight is 527 g/mol. The molecule has 1 aromatic heterocycles. The minimum Gasteiger partial charge on any atom is -0.317 e. The summed E-state index contributed by atoms with van der Waals surface area (Å²) in [6.45, 7) is 2.98. The fourth-order valence-corrected chi connectivity index (χ4v) is 4.53. The van der Waals surface area contributed by atoms with Crippen LogP contribution >= 0.6 is 15.9 Å². The van der Waals surface area contributed by atoms with E-state index in [1.165, 1.54) is 16.0 Å². The molecular formula is C21H25BrF2N6O3. The molecule has 4 rings (SSSR count). The monoisotopic (exact) mass is 526 g/mol. The molecule has 2 atom stereocenters. The van der Waals surface area contributed by atoms with Crippen molar-refractivity contribution in [2.24, 2.45) is 0 Å². The van der Waals surface area contributed by atoms with Crippen LogP contribution in [0.4, 0.5) is 19.3 Å². The highest BCUT2D eigenvalue weighted by atomic mass is 79.9. The van der Waals surface area contributed by atoms with Gasteiger partial charge in [-0.2, -0.15) is 5.10 Å². The lowest BCUT2D eigenvalue weighted by atomic mass is 9.99. The molecule has 1 aromatic carbocycles. The van der Waals surface area contributed by atoms with E-state index in [1.54, 1.807) is 11.7 Å². The molecule has 2 aliphatic heterocycles. The van der Waals surface area contributed by atoms with E-state index in [9.17, 15) is 18.4 Å². The summed E-state index contributed by atoms with van der Waals surface area (Å²) >= 11 is 3.00. The van der Waals surface area contributed by atoms with Crippen LogP contribution in [0.2, 0.25) is 0 Å². The summed E-state index contributed by atoms with van der Waals surface area (Å²) in [5.74, 6) is -1.98. The molecule has 0 saturated carbocycles. The maximum absolute atomic E-state index is 14.2. The van der Waals surface area contributed by atoms with Crippen LogP contribution in [0.5, 0.6) is 0 Å². The minimum atomic E-state index is -0.880. The molecule has 1 unspecified atom stereocenters. The molecule has 9 nitrogen and oxygen atoms in total. The van der Waals surface area contributed by atoms with Gasteiger partial charge in [0.05, 0.1) is 28.9 Å². The quantitative estimate of drug-likeness (QED) is 0.622. The number of nitrogens with zero attached hydrogens (tertiary/aromatic N) is 5. The lowest BCUT2D eigenvalue weighted by Gasteiger charge is -2.33. The summed E-state index contributed by atoms with van der Waals surface area (Å²) < 4.78 is 29.4. The van der Waals surface area contributed by atoms with Crippen molar-refractivity contribution in [1.82, 2.24) is 24.6 Å². The SMILES string of the molecule is C[C@@H]1Cc2nn3c(c2CN1C(=O)Nc1cc(Br)c(F)cc1F)C(=O)N(C)OC(CN(C)C)C3. The first-order valence-electron chi connectivity index (χ1n) is 10.5. The number of fused-ring (bicyclic) bond motifs is 3. The highest BCUT2D eigenvalue weighted by molar-refractivity contribution is 9.10. The van der Waals surface area contributed by atoms with Gasteiger partial charge in [-0.05, 0) is 43.0 Å². The van der Waals surface area contributed by atoms with Crippen LogP contribution in [0, 0.1) is 11.6 Å². The number of carbonyl (C=O) groups excluding carboxylic acids is 2. The number of hydrogen-bond donors (Lipinski definition) is 1. The Balaban J connectivity index is 1.61. The number of likely N-dealkylation sites (N-methyl/N-ethyl adjacent to an activating group) is 1. The smallest absolute Gasteiger partial charge is 0.317 e. The molecule has 2 aliphatic rings. The number of benzene rings is 1. The Morgan fingerprint density at radius 3 is 2.76 bits per heavy atom. The predicted octanol–water partition coefficient (Wildman–Crippen LogP) is 2.85. The minimum absolute atomic E-state index is 0.0380. The topological polar surface area (TPSA) is 82.9 Å². The van der Waals surface area contributed by atoms with Crippen LogP contribution < -0.4 is 5.32 Å². The van der Waals surface area contributed by atoms with E-state index in [2.05, 4.69) is 26.3 Å². The number of hydroxylamine groups is 2. The standard InChI is InChI=1S/C21H25BrF2N6O3/c1-11-5-17-13(10-29(11)21(32)25-18-6-14(22)15(23)7-16(18)24)19-20(31)28(4)33-12(8-27(2)3)9-30(19)26-17/h6-7,11-12H,5,8-10H2,1-4H3,(H,25,32)/t11-,12?/m1/s1. The largest absolute Gasteiger partial charge is 0.322 e. The van der Waals surface area contributed by atoms with Crippen molar-refractivity contribution in [2.75, 3.05) is 33.0 Å². The predicted molar refractivity (Wildman–Crippen MR) is 120 cm³/mol. The third kappa shape index (κ3) is 4.59. The molecule has 1 N–H and O–H groups in total. The number of nitrogens with one attached hydrogen (secondary N) is 1. The summed E-state index contributed by atoms with van der Waals surface area (Å²) in [6.07, 6.45) is 0.169. The summed E-state index contributed by atoms with van der Waals surface area (Å²) in [5, 5.41) is 8.38. The third-order valence-electron chi connectivity index (χ3n) is 5.74. The van der Waals surface area contributed by atoms with Crippen molar-refractivity contribution in [3.05, 3.63) is 45.2 Å². The molecule has 0 fully saturated rings. The molecule has 0 spiro atoms. The number of amides is 3. The van der Waals surface area contributed by atoms with Crippen molar-refractivity contribution in [3.8, 4) is 0 Å². The summed E-state index contributed by atoms with van der Waals surface area (Å²) in [5.41, 5.74) is 1.64. The van der Waals surface area contributed by atoms with Gasteiger partial charge in [0.1, 0.15) is 23.4 Å². The van der Waals surface area contributed by atoms with Gasteiger partial charge in [0.15, 0.2) is 0 Å². The summed E-state index contributed by atoms with van der Waals surface area (Å²) in [4.78, 5) is 35.3. The second-order valence-corrected chi connectivity index (χ2v) is 9.46. The highest BCUT2D eigenvalue weighted by Crippen LogP contribution is 2.30. The maximum atomic E-state index is 14.2. The van der Waals surface area contributed by atoms with Crippen molar-refractivity contribution >= 4 is 33.6 Å². The van der Waals surface area contributed by atoms with Crippen LogP contribution in [0.3, 0.4) is 0 Å². The Hall–Kier alpha value is -2.57. The van der Waals surface area contributed by atoms with Crippen LogP contribution in [-0.2, 0) is 24.3 Å². The van der Waals surface area contributed by atoms with Crippen molar-refractivity contribution in [1.29, 1.82) is 0 Å². The van der Waals surface area contributed by atoms with Gasteiger partial charge in [-0.1, -0.05) is 0 Å². The first-order valence-corrected chi connectivity index (χ1v) is 11.2. The van der Waals surface area contributed by atoms with Gasteiger partial charge >= 0.3 is 6.03 Å². The Morgan fingerprint density at radius 2 is 2.06 bits per heavy atom. The number of anilines is 1. The zero-order valence-corrected chi connectivity index (χ0v) is 20.3. The van der Waals surface area contributed by atoms with E-state index in [0.29, 0.717) is 36.8 Å². The van der Waals surface area contributed by atoms with Crippen molar-refractivity contribution < 1.29 is 23.2 Å². The van der Waals surface area contributed by atoms with E-state index in [1.807, 2.05) is 25.9 Å². The summed E-state index contributed by atoms with van der Waals surface area (Å²) in [6, 6.07) is 1.08. The molecule has 33 heavy (non-hydrogen) atoms. The maximum Gasteiger partial charge on any atom is 0.322 e. The second kappa shape index (κ2) is 8.99. The molecule has 12 heteroatoms. The van der Waals surface area contributed by atoms with Gasteiger partial charge < -0.3 is 15.1 Å². The zero-order chi connectivity index (χ0) is 24.0. The van der Waals surface area contributed by atoms with Gasteiger partial charge in [0.25, 0.3) is 5.91 Å². The van der Waals surface area contributed by atoms with Crippen LogP contribution in [-0.4, -0.2) is 76.4 Å². The number of aromatic nitrogens is 2. The Labute approximate surface area is 198 Å². The van der Waals surface area contributed by atoms with Crippen LogP contribution in [0.1, 0.15) is 28.7 Å². The zero-order valence-electron chi connectivity index (χ0n) is 18.7. The lowest BCUT2D eigenvalue weighted by Crippen LogP contribution is -2.45. The first-order chi connectivity index (χ1) is 15.5. The normalized spacial score (nSPS) is 20.5. The molecule has 0 radical (unpaired) electrons. The van der Waals surface area contributed by atoms with E-state index < -0.39 is 17.7 Å². The number of carbonyl (C=O) groups is 2. The molecule has 2 aromatic rings. The van der Waals surface area contributed by atoms with Crippen LogP contribution in [0.25, 0.3) is 0 Å². The Morgan fingerprint density at radius 1 is 1.33 bits per heavy atom. The molecule has 0 saturated heterocycles. The number of halogens is 3. The van der Waals surface area contributed by atoms with E-state index in [0.717, 1.165) is 5.69 Å². The molecule has 3 heterocycles. The van der Waals surface area contributed by atoms with Gasteiger partial charge in [-0.25, -0.2) is 18.6 Å². The fraction of sp³-hybridized carbons (Fsp3) is 0.476. The number of rotatable bonds is 3.